The topological polar surface area (TPSA) is 140 Å². The molecule has 0 saturated heterocycles. The molecule has 2 N–H and O–H groups in total. The van der Waals surface area contributed by atoms with Gasteiger partial charge in [0.2, 0.25) is 16.0 Å². The standard InChI is InChI=1S/C28H37N9O3S/c1-18(2)37-26-21(15-30-28(33-26)32-22-7-9-23(10-8-22)35(3)4)12-24(27(37)38)20-6-11-25(29-14-20)34-41(39,40)17-19-13-31-36(5)16-19/h6,11-16,18,22-23H,7-10,17H2,1-5H3,(H,29,34)(H,30,32,33). The average molecular weight is 580 g/mol. The highest BCUT2D eigenvalue weighted by Gasteiger charge is 2.23. The minimum atomic E-state index is -3.68. The molecule has 0 atom stereocenters. The van der Waals surface area contributed by atoms with E-state index in [0.717, 1.165) is 31.1 Å². The molecule has 13 heteroatoms. The largest absolute Gasteiger partial charge is 0.351 e. The van der Waals surface area contributed by atoms with Crippen LogP contribution < -0.4 is 15.6 Å². The molecule has 1 fully saturated rings. The summed E-state index contributed by atoms with van der Waals surface area (Å²) < 4.78 is 30.9. The van der Waals surface area contributed by atoms with Gasteiger partial charge in [-0.2, -0.15) is 10.1 Å². The molecule has 1 aliphatic carbocycles. The number of aromatic nitrogens is 6. The van der Waals surface area contributed by atoms with Gasteiger partial charge in [0, 0.05) is 65.8 Å². The molecule has 1 aliphatic rings. The van der Waals surface area contributed by atoms with Crippen LogP contribution in [0.15, 0.2) is 47.8 Å². The fourth-order valence-corrected chi connectivity index (χ4v) is 6.47. The van der Waals surface area contributed by atoms with Gasteiger partial charge in [-0.25, -0.2) is 18.4 Å². The van der Waals surface area contributed by atoms with E-state index in [9.17, 15) is 13.2 Å². The van der Waals surface area contributed by atoms with E-state index >= 15 is 0 Å². The Kier molecular flexibility index (Phi) is 8.09. The van der Waals surface area contributed by atoms with Crippen molar-refractivity contribution in [1.29, 1.82) is 0 Å². The van der Waals surface area contributed by atoms with Gasteiger partial charge in [0.15, 0.2) is 0 Å². The van der Waals surface area contributed by atoms with E-state index in [1.807, 2.05) is 13.8 Å². The number of hydrogen-bond donors (Lipinski definition) is 2. The van der Waals surface area contributed by atoms with E-state index in [1.165, 1.54) is 12.4 Å². The Hall–Kier alpha value is -3.84. The molecule has 218 valence electrons. The van der Waals surface area contributed by atoms with Crippen LogP contribution in [-0.4, -0.2) is 68.8 Å². The van der Waals surface area contributed by atoms with Crippen molar-refractivity contribution in [2.45, 2.75) is 63.4 Å². The summed E-state index contributed by atoms with van der Waals surface area (Å²) in [5.74, 6) is 0.473. The van der Waals surface area contributed by atoms with Crippen molar-refractivity contribution in [2.75, 3.05) is 24.1 Å². The molecule has 0 bridgehead atoms. The molecule has 0 spiro atoms. The summed E-state index contributed by atoms with van der Waals surface area (Å²) in [7, 11) is 2.29. The van der Waals surface area contributed by atoms with E-state index in [1.54, 1.807) is 46.9 Å². The van der Waals surface area contributed by atoms with Gasteiger partial charge in [0.05, 0.1) is 11.9 Å². The molecule has 5 rings (SSSR count). The van der Waals surface area contributed by atoms with E-state index in [2.05, 4.69) is 44.1 Å². The fraction of sp³-hybridized carbons (Fsp3) is 0.464. The molecule has 0 radical (unpaired) electrons. The number of rotatable bonds is 9. The molecule has 4 aromatic heterocycles. The monoisotopic (exact) mass is 579 g/mol. The number of sulfonamides is 1. The van der Waals surface area contributed by atoms with Crippen LogP contribution in [0.1, 0.15) is 51.1 Å². The molecule has 12 nitrogen and oxygen atoms in total. The van der Waals surface area contributed by atoms with Gasteiger partial charge in [-0.05, 0) is 71.8 Å². The first-order valence-electron chi connectivity index (χ1n) is 13.8. The SMILES string of the molecule is CC(C)n1c(=O)c(-c2ccc(NS(=O)(=O)Cc3cnn(C)c3)nc2)cc2cnc(NC3CCC(N(C)C)CC3)nc21. The van der Waals surface area contributed by atoms with Crippen LogP contribution in [0.25, 0.3) is 22.2 Å². The van der Waals surface area contributed by atoms with Gasteiger partial charge < -0.3 is 10.2 Å². The van der Waals surface area contributed by atoms with E-state index in [0.29, 0.717) is 40.4 Å². The Morgan fingerprint density at radius 2 is 1.83 bits per heavy atom. The summed E-state index contributed by atoms with van der Waals surface area (Å²) in [4.78, 5) is 29.6. The van der Waals surface area contributed by atoms with Crippen LogP contribution in [0.4, 0.5) is 11.8 Å². The third-order valence-corrected chi connectivity index (χ3v) is 8.73. The molecular formula is C28H37N9O3S. The molecule has 1 saturated carbocycles. The zero-order valence-corrected chi connectivity index (χ0v) is 24.9. The van der Waals surface area contributed by atoms with E-state index in [4.69, 9.17) is 4.98 Å². The number of fused-ring (bicyclic) bond motifs is 1. The van der Waals surface area contributed by atoms with Crippen molar-refractivity contribution in [3.8, 4) is 11.1 Å². The molecular weight excluding hydrogens is 542 g/mol. The Bertz CT molecular complexity index is 1690. The predicted octanol–water partition coefficient (Wildman–Crippen LogP) is 3.39. The second-order valence-electron chi connectivity index (χ2n) is 11.2. The van der Waals surface area contributed by atoms with Crippen LogP contribution in [0.5, 0.6) is 0 Å². The average Bonchev–Trinajstić information content (AvgIpc) is 3.32. The van der Waals surface area contributed by atoms with E-state index in [-0.39, 0.29) is 23.2 Å². The van der Waals surface area contributed by atoms with Crippen molar-refractivity contribution in [1.82, 2.24) is 34.2 Å². The first-order valence-corrected chi connectivity index (χ1v) is 15.4. The fourth-order valence-electron chi connectivity index (χ4n) is 5.37. The van der Waals surface area contributed by atoms with Gasteiger partial charge in [-0.1, -0.05) is 0 Å². The number of pyridine rings is 2. The highest BCUT2D eigenvalue weighted by molar-refractivity contribution is 7.91. The summed E-state index contributed by atoms with van der Waals surface area (Å²) in [6.45, 7) is 3.89. The summed E-state index contributed by atoms with van der Waals surface area (Å²) >= 11 is 0. The van der Waals surface area contributed by atoms with Gasteiger partial charge in [-0.3, -0.25) is 18.8 Å². The predicted molar refractivity (Wildman–Crippen MR) is 160 cm³/mol. The van der Waals surface area contributed by atoms with Crippen LogP contribution in [0, 0.1) is 0 Å². The lowest BCUT2D eigenvalue weighted by molar-refractivity contribution is 0.221. The van der Waals surface area contributed by atoms with Crippen molar-refractivity contribution < 1.29 is 8.42 Å². The molecule has 0 unspecified atom stereocenters. The van der Waals surface area contributed by atoms with Crippen molar-refractivity contribution in [3.63, 3.8) is 0 Å². The maximum Gasteiger partial charge on any atom is 0.260 e. The highest BCUT2D eigenvalue weighted by Crippen LogP contribution is 2.26. The van der Waals surface area contributed by atoms with Crippen molar-refractivity contribution in [3.05, 3.63) is 58.9 Å². The molecule has 4 aromatic rings. The second-order valence-corrected chi connectivity index (χ2v) is 13.0. The van der Waals surface area contributed by atoms with Crippen LogP contribution in [-0.2, 0) is 22.8 Å². The quantitative estimate of drug-likeness (QED) is 0.305. The molecule has 0 amide bonds. The number of nitrogens with one attached hydrogen (secondary N) is 2. The summed E-state index contributed by atoms with van der Waals surface area (Å²) in [6.07, 6.45) is 10.7. The zero-order chi connectivity index (χ0) is 29.3. The number of aryl methyl sites for hydroxylation is 1. The maximum absolute atomic E-state index is 13.7. The summed E-state index contributed by atoms with van der Waals surface area (Å²) in [5, 5.41) is 8.22. The van der Waals surface area contributed by atoms with Crippen molar-refractivity contribution >= 4 is 32.8 Å². The second kappa shape index (κ2) is 11.6. The number of anilines is 2. The normalized spacial score (nSPS) is 17.8. The zero-order valence-electron chi connectivity index (χ0n) is 24.1. The highest BCUT2D eigenvalue weighted by atomic mass is 32.2. The van der Waals surface area contributed by atoms with Crippen LogP contribution in [0.2, 0.25) is 0 Å². The lowest BCUT2D eigenvalue weighted by atomic mass is 9.91. The third kappa shape index (κ3) is 6.57. The van der Waals surface area contributed by atoms with Gasteiger partial charge in [-0.15, -0.1) is 0 Å². The summed E-state index contributed by atoms with van der Waals surface area (Å²) in [6, 6.07) is 5.76. The Labute approximate surface area is 239 Å². The Morgan fingerprint density at radius 3 is 2.44 bits per heavy atom. The van der Waals surface area contributed by atoms with Crippen LogP contribution >= 0.6 is 0 Å². The smallest absolute Gasteiger partial charge is 0.260 e. The third-order valence-electron chi connectivity index (χ3n) is 7.50. The first kappa shape index (κ1) is 28.7. The van der Waals surface area contributed by atoms with Crippen LogP contribution in [0.3, 0.4) is 0 Å². The minimum absolute atomic E-state index is 0.144. The van der Waals surface area contributed by atoms with E-state index < -0.39 is 10.0 Å². The van der Waals surface area contributed by atoms with Crippen molar-refractivity contribution in [2.24, 2.45) is 7.05 Å². The Balaban J connectivity index is 1.37. The lowest BCUT2D eigenvalue weighted by Crippen LogP contribution is -2.36. The number of hydrogen-bond acceptors (Lipinski definition) is 9. The Morgan fingerprint density at radius 1 is 1.07 bits per heavy atom. The maximum atomic E-state index is 13.7. The van der Waals surface area contributed by atoms with Gasteiger partial charge >= 0.3 is 0 Å². The molecule has 0 aromatic carbocycles. The van der Waals surface area contributed by atoms with Gasteiger partial charge in [0.1, 0.15) is 11.5 Å². The van der Waals surface area contributed by atoms with Gasteiger partial charge in [0.25, 0.3) is 5.56 Å². The molecule has 41 heavy (non-hydrogen) atoms. The minimum Gasteiger partial charge on any atom is -0.351 e. The number of nitrogens with zero attached hydrogens (tertiary/aromatic N) is 7. The first-order chi connectivity index (χ1) is 19.5. The molecule has 0 aliphatic heterocycles. The summed E-state index contributed by atoms with van der Waals surface area (Å²) in [5.41, 5.74) is 1.95. The lowest BCUT2D eigenvalue weighted by Gasteiger charge is -2.33. The molecule has 4 heterocycles.